The van der Waals surface area contributed by atoms with Gasteiger partial charge in [0, 0.05) is 5.92 Å². The summed E-state index contributed by atoms with van der Waals surface area (Å²) in [5.41, 5.74) is 6.79. The molecule has 0 heterocycles. The Morgan fingerprint density at radius 2 is 1.11 bits per heavy atom. The summed E-state index contributed by atoms with van der Waals surface area (Å²) in [4.78, 5) is 0. The monoisotopic (exact) mass is 382 g/mol. The summed E-state index contributed by atoms with van der Waals surface area (Å²) in [6.45, 7) is 10.6. The fourth-order valence-corrected chi connectivity index (χ4v) is 4.10. The van der Waals surface area contributed by atoms with Crippen molar-refractivity contribution >= 4 is 0 Å². The van der Waals surface area contributed by atoms with Crippen LogP contribution >= 0.6 is 0 Å². The van der Waals surface area contributed by atoms with Gasteiger partial charge in [0.2, 0.25) is 0 Å². The molecule has 28 heavy (non-hydrogen) atoms. The van der Waals surface area contributed by atoms with Crippen LogP contribution in [-0.4, -0.2) is 10.2 Å². The molecule has 0 radical (unpaired) electrons. The number of benzene rings is 2. The van der Waals surface area contributed by atoms with E-state index in [0.717, 1.165) is 62.5 Å². The van der Waals surface area contributed by atoms with E-state index >= 15 is 0 Å². The van der Waals surface area contributed by atoms with Crippen molar-refractivity contribution in [1.82, 2.24) is 0 Å². The van der Waals surface area contributed by atoms with Crippen molar-refractivity contribution in [3.63, 3.8) is 0 Å². The molecule has 0 atom stereocenters. The summed E-state index contributed by atoms with van der Waals surface area (Å²) in [5, 5.41) is 21.2. The van der Waals surface area contributed by atoms with E-state index in [2.05, 4.69) is 32.9 Å². The fourth-order valence-electron chi connectivity index (χ4n) is 4.10. The molecule has 0 amide bonds. The molecule has 2 heteroatoms. The van der Waals surface area contributed by atoms with Crippen LogP contribution in [0, 0.1) is 13.8 Å². The zero-order chi connectivity index (χ0) is 20.7. The number of phenols is 2. The first-order valence-corrected chi connectivity index (χ1v) is 11.1. The van der Waals surface area contributed by atoms with Gasteiger partial charge < -0.3 is 10.2 Å². The van der Waals surface area contributed by atoms with Crippen molar-refractivity contribution in [3.05, 3.63) is 57.6 Å². The third kappa shape index (κ3) is 5.31. The normalized spacial score (nSPS) is 11.4. The topological polar surface area (TPSA) is 40.5 Å². The maximum atomic E-state index is 10.6. The summed E-state index contributed by atoms with van der Waals surface area (Å²) in [6, 6.07) is 8.44. The molecule has 0 saturated carbocycles. The molecule has 0 unspecified atom stereocenters. The molecule has 0 fully saturated rings. The Labute approximate surface area is 171 Å². The van der Waals surface area contributed by atoms with E-state index in [-0.39, 0.29) is 5.92 Å². The minimum Gasteiger partial charge on any atom is -0.508 e. The summed E-state index contributed by atoms with van der Waals surface area (Å²) in [5.74, 6) is 0.993. The minimum absolute atomic E-state index is 0.199. The summed E-state index contributed by atoms with van der Waals surface area (Å²) >= 11 is 0. The molecular weight excluding hydrogens is 344 g/mol. The second-order valence-corrected chi connectivity index (χ2v) is 8.21. The van der Waals surface area contributed by atoms with Gasteiger partial charge in [-0.3, -0.25) is 0 Å². The maximum absolute atomic E-state index is 10.6. The summed E-state index contributed by atoms with van der Waals surface area (Å²) in [6.07, 6.45) is 8.62. The fraction of sp³-hybridized carbons (Fsp3) is 0.538. The van der Waals surface area contributed by atoms with E-state index in [4.69, 9.17) is 0 Å². The highest BCUT2D eigenvalue weighted by molar-refractivity contribution is 5.51. The number of aryl methyl sites for hydroxylation is 2. The van der Waals surface area contributed by atoms with Crippen molar-refractivity contribution in [2.24, 2.45) is 0 Å². The largest absolute Gasteiger partial charge is 0.508 e. The first kappa shape index (κ1) is 22.3. The number of unbranched alkanes of at least 4 members (excludes halogenated alkanes) is 2. The van der Waals surface area contributed by atoms with Gasteiger partial charge in [-0.2, -0.15) is 0 Å². The Balaban J connectivity index is 2.56. The van der Waals surface area contributed by atoms with Crippen molar-refractivity contribution in [1.29, 1.82) is 0 Å². The number of hydrogen-bond acceptors (Lipinski definition) is 2. The van der Waals surface area contributed by atoms with E-state index in [1.165, 1.54) is 22.3 Å². The number of rotatable bonds is 10. The molecule has 0 saturated heterocycles. The Kier molecular flexibility index (Phi) is 8.41. The van der Waals surface area contributed by atoms with Crippen LogP contribution in [0.1, 0.15) is 98.6 Å². The van der Waals surface area contributed by atoms with Gasteiger partial charge in [-0.05, 0) is 91.5 Å². The molecule has 154 valence electrons. The molecular formula is C26H38O2. The van der Waals surface area contributed by atoms with Gasteiger partial charge in [0.25, 0.3) is 0 Å². The van der Waals surface area contributed by atoms with Crippen molar-refractivity contribution in [2.75, 3.05) is 0 Å². The Morgan fingerprint density at radius 1 is 0.679 bits per heavy atom. The lowest BCUT2D eigenvalue weighted by Crippen LogP contribution is -2.07. The molecule has 2 nitrogen and oxygen atoms in total. The molecule has 0 aliphatic heterocycles. The van der Waals surface area contributed by atoms with Gasteiger partial charge in [-0.25, -0.2) is 0 Å². The smallest absolute Gasteiger partial charge is 0.119 e. The quantitative estimate of drug-likeness (QED) is 0.451. The van der Waals surface area contributed by atoms with E-state index in [9.17, 15) is 10.2 Å². The third-order valence-electron chi connectivity index (χ3n) is 5.93. The van der Waals surface area contributed by atoms with Gasteiger partial charge >= 0.3 is 0 Å². The number of hydrogen-bond donors (Lipinski definition) is 2. The van der Waals surface area contributed by atoms with Crippen LogP contribution in [0.4, 0.5) is 0 Å². The van der Waals surface area contributed by atoms with E-state index in [1.807, 2.05) is 26.0 Å². The van der Waals surface area contributed by atoms with E-state index in [0.29, 0.717) is 11.5 Å². The molecule has 2 rings (SSSR count). The van der Waals surface area contributed by atoms with Crippen LogP contribution in [0.25, 0.3) is 0 Å². The van der Waals surface area contributed by atoms with Crippen molar-refractivity contribution < 1.29 is 10.2 Å². The molecule has 0 aromatic heterocycles. The van der Waals surface area contributed by atoms with Gasteiger partial charge in [0.1, 0.15) is 11.5 Å². The van der Waals surface area contributed by atoms with Crippen LogP contribution in [0.15, 0.2) is 24.3 Å². The third-order valence-corrected chi connectivity index (χ3v) is 5.93. The Morgan fingerprint density at radius 3 is 1.46 bits per heavy atom. The molecule has 0 bridgehead atoms. The first-order chi connectivity index (χ1) is 13.4. The van der Waals surface area contributed by atoms with Gasteiger partial charge in [0.15, 0.2) is 0 Å². The number of aromatic hydroxyl groups is 2. The molecule has 2 N–H and O–H groups in total. The molecule has 2 aromatic carbocycles. The number of phenolic OH excluding ortho intramolecular Hbond substituents is 2. The lowest BCUT2D eigenvalue weighted by molar-refractivity contribution is 0.466. The second-order valence-electron chi connectivity index (χ2n) is 8.21. The molecule has 2 aromatic rings. The highest BCUT2D eigenvalue weighted by Crippen LogP contribution is 2.39. The SMILES string of the molecule is CCCCc1cc(O)c(C)c(C(CCC)c2cc(CCCC)cc(O)c2C)c1. The highest BCUT2D eigenvalue weighted by atomic mass is 16.3. The van der Waals surface area contributed by atoms with Crippen LogP contribution in [0.2, 0.25) is 0 Å². The lowest BCUT2D eigenvalue weighted by Gasteiger charge is -2.24. The Hall–Kier alpha value is -1.96. The second kappa shape index (κ2) is 10.5. The first-order valence-electron chi connectivity index (χ1n) is 11.1. The highest BCUT2D eigenvalue weighted by Gasteiger charge is 2.22. The van der Waals surface area contributed by atoms with E-state index in [1.54, 1.807) is 0 Å². The minimum atomic E-state index is 0.199. The average Bonchev–Trinajstić information content (AvgIpc) is 2.68. The summed E-state index contributed by atoms with van der Waals surface area (Å²) < 4.78 is 0. The van der Waals surface area contributed by atoms with Crippen LogP contribution in [-0.2, 0) is 12.8 Å². The predicted molar refractivity (Wildman–Crippen MR) is 120 cm³/mol. The lowest BCUT2D eigenvalue weighted by atomic mass is 9.81. The van der Waals surface area contributed by atoms with Crippen LogP contribution < -0.4 is 0 Å². The molecule has 0 aliphatic rings. The van der Waals surface area contributed by atoms with Gasteiger partial charge in [-0.15, -0.1) is 0 Å². The summed E-state index contributed by atoms with van der Waals surface area (Å²) in [7, 11) is 0. The average molecular weight is 383 g/mol. The van der Waals surface area contributed by atoms with E-state index < -0.39 is 0 Å². The zero-order valence-corrected chi connectivity index (χ0v) is 18.4. The Bertz CT molecular complexity index is 713. The zero-order valence-electron chi connectivity index (χ0n) is 18.4. The van der Waals surface area contributed by atoms with Crippen molar-refractivity contribution in [2.45, 2.75) is 91.9 Å². The van der Waals surface area contributed by atoms with Gasteiger partial charge in [-0.1, -0.05) is 52.2 Å². The maximum Gasteiger partial charge on any atom is 0.119 e. The van der Waals surface area contributed by atoms with Crippen LogP contribution in [0.3, 0.4) is 0 Å². The molecule has 0 spiro atoms. The predicted octanol–water partition coefficient (Wildman–Crippen LogP) is 7.33. The van der Waals surface area contributed by atoms with Gasteiger partial charge in [0.05, 0.1) is 0 Å². The van der Waals surface area contributed by atoms with Crippen LogP contribution in [0.5, 0.6) is 11.5 Å². The van der Waals surface area contributed by atoms with Crippen molar-refractivity contribution in [3.8, 4) is 11.5 Å². The molecule has 0 aliphatic carbocycles. The standard InChI is InChI=1S/C26H38O2/c1-6-9-12-20-14-23(18(4)25(27)16-20)22(11-8-3)24-15-21(13-10-7-2)17-26(28)19(24)5/h14-17,22,27-28H,6-13H2,1-5H3.